The summed E-state index contributed by atoms with van der Waals surface area (Å²) in [6.45, 7) is 5.73. The third-order valence-corrected chi connectivity index (χ3v) is 7.38. The maximum atomic E-state index is 14.2. The Morgan fingerprint density at radius 3 is 2.70 bits per heavy atom. The lowest BCUT2D eigenvalue weighted by atomic mass is 10.0. The van der Waals surface area contributed by atoms with Gasteiger partial charge in [0, 0.05) is 23.9 Å². The molecular formula is C31H28FN7O. The molecule has 0 bridgehead atoms. The van der Waals surface area contributed by atoms with Gasteiger partial charge in [-0.05, 0) is 80.4 Å². The fraction of sp³-hybridized carbons (Fsp3) is 0.226. The van der Waals surface area contributed by atoms with Crippen LogP contribution in [-0.2, 0) is 0 Å². The summed E-state index contributed by atoms with van der Waals surface area (Å²) in [6, 6.07) is 16.7. The number of ether oxygens (including phenoxy) is 1. The number of hydrogen-bond donors (Lipinski definition) is 2. The molecule has 9 heteroatoms. The monoisotopic (exact) mass is 533 g/mol. The summed E-state index contributed by atoms with van der Waals surface area (Å²) in [5.41, 5.74) is 7.80. The van der Waals surface area contributed by atoms with Crippen LogP contribution in [0.4, 0.5) is 4.39 Å². The quantitative estimate of drug-likeness (QED) is 0.256. The molecule has 2 aromatic carbocycles. The van der Waals surface area contributed by atoms with Gasteiger partial charge in [0.25, 0.3) is 0 Å². The first-order valence-electron chi connectivity index (χ1n) is 13.5. The number of hydrogen-bond acceptors (Lipinski definition) is 6. The predicted octanol–water partition coefficient (Wildman–Crippen LogP) is 6.15. The highest BCUT2D eigenvalue weighted by Crippen LogP contribution is 2.32. The largest absolute Gasteiger partial charge is 0.491 e. The molecule has 0 radical (unpaired) electrons. The zero-order chi connectivity index (χ0) is 27.1. The molecule has 200 valence electrons. The molecule has 1 fully saturated rings. The second-order valence-electron chi connectivity index (χ2n) is 10.3. The molecular weight excluding hydrogens is 505 g/mol. The van der Waals surface area contributed by atoms with Crippen LogP contribution < -0.4 is 4.74 Å². The number of rotatable bonds is 7. The van der Waals surface area contributed by atoms with Crippen molar-refractivity contribution in [1.82, 2.24) is 35.0 Å². The number of imidazole rings is 1. The average Bonchev–Trinajstić information content (AvgIpc) is 3.71. The van der Waals surface area contributed by atoms with Gasteiger partial charge in [0.1, 0.15) is 23.7 Å². The fourth-order valence-electron chi connectivity index (χ4n) is 5.43. The van der Waals surface area contributed by atoms with Crippen LogP contribution in [0.5, 0.6) is 5.75 Å². The molecule has 6 aromatic rings. The lowest BCUT2D eigenvalue weighted by Crippen LogP contribution is -2.25. The van der Waals surface area contributed by atoms with Gasteiger partial charge in [0.05, 0.1) is 28.4 Å². The Bertz CT molecular complexity index is 1820. The van der Waals surface area contributed by atoms with E-state index in [4.69, 9.17) is 14.7 Å². The minimum absolute atomic E-state index is 0.270. The van der Waals surface area contributed by atoms with Crippen LogP contribution in [0.1, 0.15) is 18.4 Å². The number of benzene rings is 2. The molecule has 40 heavy (non-hydrogen) atoms. The standard InChI is InChI=1S/C31H28FN7O/c1-19-13-20(15-22(32)14-19)24-5-4-6-26-28(24)36-31(35-26)30-29-27(37-38-30)8-7-25(34-29)21-16-23(18-33-17-21)40-12-11-39-9-2-3-10-39/h4-8,13-18H,2-3,9-12H2,1H3,(H,35,36)(H,37,38). The maximum absolute atomic E-state index is 14.2. The molecule has 0 saturated carbocycles. The van der Waals surface area contributed by atoms with Crippen LogP contribution in [0.15, 0.2) is 67.0 Å². The second-order valence-corrected chi connectivity index (χ2v) is 10.3. The molecule has 1 aliphatic heterocycles. The Morgan fingerprint density at radius 2 is 1.82 bits per heavy atom. The van der Waals surface area contributed by atoms with Crippen molar-refractivity contribution in [2.24, 2.45) is 0 Å². The van der Waals surface area contributed by atoms with Gasteiger partial charge in [-0.1, -0.05) is 18.2 Å². The molecule has 1 aliphatic rings. The van der Waals surface area contributed by atoms with Crippen molar-refractivity contribution in [3.8, 4) is 39.7 Å². The number of pyridine rings is 2. The van der Waals surface area contributed by atoms with Crippen LogP contribution in [0.25, 0.3) is 56.0 Å². The minimum Gasteiger partial charge on any atom is -0.491 e. The highest BCUT2D eigenvalue weighted by atomic mass is 19.1. The number of aryl methyl sites for hydroxylation is 1. The Kier molecular flexibility index (Phi) is 6.20. The van der Waals surface area contributed by atoms with Crippen LogP contribution in [0, 0.1) is 12.7 Å². The SMILES string of the molecule is Cc1cc(F)cc(-c2cccc3[nH]c(-c4n[nH]c5ccc(-c6cncc(OCCN7CCCC7)c6)nc45)nc23)c1. The number of halogens is 1. The van der Waals surface area contributed by atoms with E-state index in [1.54, 1.807) is 12.4 Å². The molecule has 0 amide bonds. The molecule has 0 aliphatic carbocycles. The zero-order valence-corrected chi connectivity index (χ0v) is 22.1. The van der Waals surface area contributed by atoms with Crippen molar-refractivity contribution < 1.29 is 9.13 Å². The summed E-state index contributed by atoms with van der Waals surface area (Å²) in [4.78, 5) is 20.0. The van der Waals surface area contributed by atoms with Gasteiger partial charge < -0.3 is 9.72 Å². The highest BCUT2D eigenvalue weighted by molar-refractivity contribution is 5.96. The normalized spacial score (nSPS) is 13.9. The first-order chi connectivity index (χ1) is 19.6. The third-order valence-electron chi connectivity index (χ3n) is 7.38. The van der Waals surface area contributed by atoms with Crippen LogP contribution in [0.2, 0.25) is 0 Å². The number of aromatic nitrogens is 6. The van der Waals surface area contributed by atoms with Gasteiger partial charge in [-0.2, -0.15) is 5.10 Å². The summed E-state index contributed by atoms with van der Waals surface area (Å²) in [7, 11) is 0. The summed E-state index contributed by atoms with van der Waals surface area (Å²) in [6.07, 6.45) is 6.06. The van der Waals surface area contributed by atoms with E-state index >= 15 is 0 Å². The number of fused-ring (bicyclic) bond motifs is 2. The van der Waals surface area contributed by atoms with E-state index in [0.717, 1.165) is 69.9 Å². The molecule has 4 aromatic heterocycles. The number of nitrogens with one attached hydrogen (secondary N) is 2. The number of likely N-dealkylation sites (tertiary alicyclic amines) is 1. The van der Waals surface area contributed by atoms with E-state index in [9.17, 15) is 4.39 Å². The van der Waals surface area contributed by atoms with E-state index < -0.39 is 0 Å². The van der Waals surface area contributed by atoms with Crippen LogP contribution in [0.3, 0.4) is 0 Å². The summed E-state index contributed by atoms with van der Waals surface area (Å²) < 4.78 is 20.2. The first kappa shape index (κ1) is 24.4. The van der Waals surface area contributed by atoms with E-state index in [2.05, 4.69) is 25.1 Å². The van der Waals surface area contributed by atoms with Crippen molar-refractivity contribution in [2.75, 3.05) is 26.2 Å². The van der Waals surface area contributed by atoms with Gasteiger partial charge in [0.2, 0.25) is 0 Å². The Hall–Kier alpha value is -4.63. The molecule has 5 heterocycles. The average molecular weight is 534 g/mol. The lowest BCUT2D eigenvalue weighted by Gasteiger charge is -2.15. The van der Waals surface area contributed by atoms with Gasteiger partial charge in [-0.3, -0.25) is 15.0 Å². The van der Waals surface area contributed by atoms with Gasteiger partial charge in [-0.15, -0.1) is 0 Å². The zero-order valence-electron chi connectivity index (χ0n) is 22.1. The van der Waals surface area contributed by atoms with Gasteiger partial charge >= 0.3 is 0 Å². The summed E-state index contributed by atoms with van der Waals surface area (Å²) in [5, 5.41) is 7.61. The number of H-pyrrole nitrogens is 2. The van der Waals surface area contributed by atoms with Crippen molar-refractivity contribution >= 4 is 22.1 Å². The van der Waals surface area contributed by atoms with Gasteiger partial charge in [0.15, 0.2) is 11.5 Å². The number of aromatic amines is 2. The van der Waals surface area contributed by atoms with E-state index in [-0.39, 0.29) is 5.82 Å². The van der Waals surface area contributed by atoms with Crippen LogP contribution >= 0.6 is 0 Å². The third kappa shape index (κ3) is 4.69. The topological polar surface area (TPSA) is 95.6 Å². The van der Waals surface area contributed by atoms with E-state index in [1.807, 2.05) is 49.4 Å². The number of para-hydroxylation sites is 1. The van der Waals surface area contributed by atoms with Crippen molar-refractivity contribution in [1.29, 1.82) is 0 Å². The van der Waals surface area contributed by atoms with Crippen LogP contribution in [-0.4, -0.2) is 61.3 Å². The summed E-state index contributed by atoms with van der Waals surface area (Å²) in [5.74, 6) is 1.04. The smallest absolute Gasteiger partial charge is 0.161 e. The minimum atomic E-state index is -0.270. The Morgan fingerprint density at radius 1 is 0.925 bits per heavy atom. The lowest BCUT2D eigenvalue weighted by molar-refractivity contribution is 0.237. The fourth-order valence-corrected chi connectivity index (χ4v) is 5.43. The second kappa shape index (κ2) is 10.2. The molecule has 0 unspecified atom stereocenters. The number of nitrogens with zero attached hydrogens (tertiary/aromatic N) is 5. The van der Waals surface area contributed by atoms with Crippen molar-refractivity contribution in [3.63, 3.8) is 0 Å². The molecule has 7 rings (SSSR count). The first-order valence-corrected chi connectivity index (χ1v) is 13.5. The van der Waals surface area contributed by atoms with Gasteiger partial charge in [-0.25, -0.2) is 14.4 Å². The molecule has 0 atom stereocenters. The maximum Gasteiger partial charge on any atom is 0.161 e. The molecule has 2 N–H and O–H groups in total. The van der Waals surface area contributed by atoms with E-state index in [1.165, 1.54) is 25.0 Å². The van der Waals surface area contributed by atoms with Crippen molar-refractivity contribution in [2.45, 2.75) is 19.8 Å². The summed E-state index contributed by atoms with van der Waals surface area (Å²) >= 11 is 0. The predicted molar refractivity (Wildman–Crippen MR) is 154 cm³/mol. The Balaban J connectivity index is 1.21. The van der Waals surface area contributed by atoms with E-state index in [0.29, 0.717) is 23.6 Å². The molecule has 0 spiro atoms. The molecule has 8 nitrogen and oxygen atoms in total. The highest BCUT2D eigenvalue weighted by Gasteiger charge is 2.18. The van der Waals surface area contributed by atoms with Crippen molar-refractivity contribution in [3.05, 3.63) is 78.4 Å². The Labute approximate surface area is 230 Å². The molecule has 1 saturated heterocycles.